The second-order valence-corrected chi connectivity index (χ2v) is 7.47. The highest BCUT2D eigenvalue weighted by molar-refractivity contribution is 7.11. The number of pyridine rings is 1. The Morgan fingerprint density at radius 1 is 1.11 bits per heavy atom. The summed E-state index contributed by atoms with van der Waals surface area (Å²) in [4.78, 5) is 14.6. The van der Waals surface area contributed by atoms with Crippen LogP contribution in [0.3, 0.4) is 0 Å². The lowest BCUT2D eigenvalue weighted by Gasteiger charge is -2.12. The smallest absolute Gasteiger partial charge is 0.218 e. The Hall–Kier alpha value is -2.93. The number of hydrogen-bond acceptors (Lipinski definition) is 5. The molecule has 6 nitrogen and oxygen atoms in total. The van der Waals surface area contributed by atoms with Crippen LogP contribution < -0.4 is 15.4 Å². The molecular formula is C21H25N5OS. The molecule has 0 atom stereocenters. The van der Waals surface area contributed by atoms with E-state index >= 15 is 0 Å². The summed E-state index contributed by atoms with van der Waals surface area (Å²) < 4.78 is 5.92. The third kappa shape index (κ3) is 6.06. The van der Waals surface area contributed by atoms with Gasteiger partial charge in [-0.25, -0.2) is 15.0 Å². The van der Waals surface area contributed by atoms with Gasteiger partial charge in [0.25, 0.3) is 0 Å². The molecule has 2 heterocycles. The van der Waals surface area contributed by atoms with E-state index in [1.54, 1.807) is 17.5 Å². The van der Waals surface area contributed by atoms with Gasteiger partial charge in [0, 0.05) is 29.4 Å². The van der Waals surface area contributed by atoms with Crippen molar-refractivity contribution in [2.24, 2.45) is 4.99 Å². The number of nitrogens with one attached hydrogen (secondary N) is 2. The molecule has 3 aromatic rings. The van der Waals surface area contributed by atoms with E-state index in [1.165, 1.54) is 4.88 Å². The Balaban J connectivity index is 1.63. The minimum Gasteiger partial charge on any atom is -0.473 e. The lowest BCUT2D eigenvalue weighted by Crippen LogP contribution is -2.36. The summed E-state index contributed by atoms with van der Waals surface area (Å²) in [7, 11) is 0. The second kappa shape index (κ2) is 10.4. The van der Waals surface area contributed by atoms with Crippen molar-refractivity contribution in [1.82, 2.24) is 20.6 Å². The summed E-state index contributed by atoms with van der Waals surface area (Å²) in [5.74, 6) is 1.36. The third-order valence-electron chi connectivity index (χ3n) is 3.90. The van der Waals surface area contributed by atoms with Crippen LogP contribution >= 0.6 is 11.3 Å². The molecule has 0 amide bonds. The number of aliphatic imine (C=N–C) groups is 1. The Morgan fingerprint density at radius 3 is 2.71 bits per heavy atom. The number of hydrogen-bond donors (Lipinski definition) is 2. The van der Waals surface area contributed by atoms with E-state index in [4.69, 9.17) is 4.74 Å². The monoisotopic (exact) mass is 395 g/mol. The molecule has 0 saturated heterocycles. The van der Waals surface area contributed by atoms with Gasteiger partial charge in [0.1, 0.15) is 11.6 Å². The number of benzene rings is 1. The van der Waals surface area contributed by atoms with Crippen LogP contribution in [0.5, 0.6) is 5.88 Å². The van der Waals surface area contributed by atoms with Gasteiger partial charge in [0.2, 0.25) is 5.88 Å². The number of rotatable bonds is 8. The van der Waals surface area contributed by atoms with Gasteiger partial charge >= 0.3 is 0 Å². The number of ether oxygens (including phenoxy) is 1. The maximum Gasteiger partial charge on any atom is 0.218 e. The van der Waals surface area contributed by atoms with Crippen molar-refractivity contribution in [3.8, 4) is 5.88 Å². The van der Waals surface area contributed by atoms with Gasteiger partial charge in [-0.3, -0.25) is 0 Å². The molecule has 0 radical (unpaired) electrons. The van der Waals surface area contributed by atoms with E-state index in [-0.39, 0.29) is 0 Å². The largest absolute Gasteiger partial charge is 0.473 e. The van der Waals surface area contributed by atoms with Gasteiger partial charge in [0.15, 0.2) is 5.96 Å². The molecule has 0 fully saturated rings. The maximum atomic E-state index is 5.92. The molecule has 2 aromatic heterocycles. The SMILES string of the molecule is CCNC(=NCc1cccnc1OCc1ccccc1)NCc1ncc(C)s1. The summed E-state index contributed by atoms with van der Waals surface area (Å²) in [6.45, 7) is 6.49. The number of nitrogens with zero attached hydrogens (tertiary/aromatic N) is 3. The van der Waals surface area contributed by atoms with Crippen LogP contribution in [0.25, 0.3) is 0 Å². The van der Waals surface area contributed by atoms with Crippen LogP contribution in [-0.2, 0) is 19.7 Å². The van der Waals surface area contributed by atoms with Crippen molar-refractivity contribution in [2.45, 2.75) is 33.5 Å². The molecule has 0 bridgehead atoms. The summed E-state index contributed by atoms with van der Waals surface area (Å²) in [5.41, 5.74) is 2.05. The molecule has 7 heteroatoms. The van der Waals surface area contributed by atoms with Gasteiger partial charge < -0.3 is 15.4 Å². The molecule has 0 spiro atoms. The van der Waals surface area contributed by atoms with Crippen LogP contribution in [-0.4, -0.2) is 22.5 Å². The Labute approximate surface area is 169 Å². The average molecular weight is 396 g/mol. The van der Waals surface area contributed by atoms with Gasteiger partial charge in [-0.2, -0.15) is 0 Å². The van der Waals surface area contributed by atoms with Crippen LogP contribution in [0.2, 0.25) is 0 Å². The Bertz CT molecular complexity index is 895. The molecule has 0 saturated carbocycles. The van der Waals surface area contributed by atoms with Crippen molar-refractivity contribution in [3.05, 3.63) is 75.9 Å². The average Bonchev–Trinajstić information content (AvgIpc) is 3.15. The first-order chi connectivity index (χ1) is 13.7. The second-order valence-electron chi connectivity index (χ2n) is 6.16. The Kier molecular flexibility index (Phi) is 7.37. The lowest BCUT2D eigenvalue weighted by molar-refractivity contribution is 0.290. The quantitative estimate of drug-likeness (QED) is 0.450. The van der Waals surface area contributed by atoms with Crippen LogP contribution in [0, 0.1) is 6.92 Å². The number of aromatic nitrogens is 2. The molecular weight excluding hydrogens is 370 g/mol. The highest BCUT2D eigenvalue weighted by Crippen LogP contribution is 2.17. The van der Waals surface area contributed by atoms with E-state index in [0.29, 0.717) is 25.6 Å². The van der Waals surface area contributed by atoms with Crippen molar-refractivity contribution in [3.63, 3.8) is 0 Å². The number of aryl methyl sites for hydroxylation is 1. The molecule has 0 unspecified atom stereocenters. The Morgan fingerprint density at radius 2 is 1.96 bits per heavy atom. The molecule has 146 valence electrons. The number of guanidine groups is 1. The lowest BCUT2D eigenvalue weighted by atomic mass is 10.2. The molecule has 3 rings (SSSR count). The van der Waals surface area contributed by atoms with E-state index in [2.05, 4.69) is 32.5 Å². The summed E-state index contributed by atoms with van der Waals surface area (Å²) in [5, 5.41) is 7.62. The molecule has 0 aliphatic heterocycles. The van der Waals surface area contributed by atoms with Crippen molar-refractivity contribution in [2.75, 3.05) is 6.54 Å². The van der Waals surface area contributed by atoms with Crippen molar-refractivity contribution < 1.29 is 4.74 Å². The number of thiazole rings is 1. The first-order valence-corrected chi connectivity index (χ1v) is 10.1. The highest BCUT2D eigenvalue weighted by Gasteiger charge is 2.06. The highest BCUT2D eigenvalue weighted by atomic mass is 32.1. The van der Waals surface area contributed by atoms with Gasteiger partial charge in [-0.05, 0) is 25.5 Å². The topological polar surface area (TPSA) is 71.4 Å². The molecule has 0 aliphatic rings. The molecule has 28 heavy (non-hydrogen) atoms. The minimum atomic E-state index is 0.476. The summed E-state index contributed by atoms with van der Waals surface area (Å²) in [6, 6.07) is 14.0. The van der Waals surface area contributed by atoms with Crippen LogP contribution in [0.15, 0.2) is 59.9 Å². The molecule has 1 aromatic carbocycles. The third-order valence-corrected chi connectivity index (χ3v) is 4.81. The fourth-order valence-electron chi connectivity index (χ4n) is 2.55. The van der Waals surface area contributed by atoms with Gasteiger partial charge in [-0.15, -0.1) is 11.3 Å². The van der Waals surface area contributed by atoms with Gasteiger partial charge in [0.05, 0.1) is 13.1 Å². The first-order valence-electron chi connectivity index (χ1n) is 9.28. The summed E-state index contributed by atoms with van der Waals surface area (Å²) in [6.07, 6.45) is 3.62. The predicted octanol–water partition coefficient (Wildman–Crippen LogP) is 3.68. The zero-order valence-corrected chi connectivity index (χ0v) is 17.0. The van der Waals surface area contributed by atoms with E-state index in [1.807, 2.05) is 55.6 Å². The van der Waals surface area contributed by atoms with E-state index in [9.17, 15) is 0 Å². The van der Waals surface area contributed by atoms with Crippen LogP contribution in [0.1, 0.15) is 27.9 Å². The predicted molar refractivity (Wildman–Crippen MR) is 114 cm³/mol. The standard InChI is InChI=1S/C21H25N5OS/c1-3-22-21(26-14-19-24-12-16(2)28-19)25-13-18-10-7-11-23-20(18)27-15-17-8-5-4-6-9-17/h4-12H,3,13-15H2,1-2H3,(H2,22,25,26). The van der Waals surface area contributed by atoms with E-state index < -0.39 is 0 Å². The van der Waals surface area contributed by atoms with Gasteiger partial charge in [-0.1, -0.05) is 36.4 Å². The van der Waals surface area contributed by atoms with E-state index in [0.717, 1.165) is 28.6 Å². The fourth-order valence-corrected chi connectivity index (χ4v) is 3.28. The molecule has 0 aliphatic carbocycles. The normalized spacial score (nSPS) is 11.3. The fraction of sp³-hybridized carbons (Fsp3) is 0.286. The van der Waals surface area contributed by atoms with Crippen molar-refractivity contribution in [1.29, 1.82) is 0 Å². The zero-order chi connectivity index (χ0) is 19.6. The minimum absolute atomic E-state index is 0.476. The maximum absolute atomic E-state index is 5.92. The van der Waals surface area contributed by atoms with Crippen LogP contribution in [0.4, 0.5) is 0 Å². The first kappa shape index (κ1) is 19.8. The molecule has 2 N–H and O–H groups in total. The summed E-state index contributed by atoms with van der Waals surface area (Å²) >= 11 is 1.68. The zero-order valence-electron chi connectivity index (χ0n) is 16.2. The van der Waals surface area contributed by atoms with Crippen molar-refractivity contribution >= 4 is 17.3 Å².